The van der Waals surface area contributed by atoms with Crippen LogP contribution in [-0.4, -0.2) is 30.1 Å². The first-order valence-electron chi connectivity index (χ1n) is 9.02. The standard InChI is InChI=1S/C21H22ClN3O2/c1-13-20(22)14(2)25(23-13)19-6-4-5-15(9-19)21(26)24(3)18-8-7-16-11-27-12-17(16)10-18/h4-10,14,20H,11-12H2,1-3H3. The lowest BCUT2D eigenvalue weighted by molar-refractivity contribution is 0.0993. The topological polar surface area (TPSA) is 45.1 Å². The van der Waals surface area contributed by atoms with E-state index in [2.05, 4.69) is 5.10 Å². The zero-order chi connectivity index (χ0) is 19.1. The molecule has 0 saturated heterocycles. The van der Waals surface area contributed by atoms with Gasteiger partial charge in [0.25, 0.3) is 5.91 Å². The minimum Gasteiger partial charge on any atom is -0.372 e. The molecule has 2 aromatic carbocycles. The largest absolute Gasteiger partial charge is 0.372 e. The maximum absolute atomic E-state index is 13.0. The minimum atomic E-state index is -0.124. The summed E-state index contributed by atoms with van der Waals surface area (Å²) in [6.07, 6.45) is 0. The molecule has 2 unspecified atom stereocenters. The lowest BCUT2D eigenvalue weighted by atomic mass is 10.1. The van der Waals surface area contributed by atoms with E-state index in [0.717, 1.165) is 22.6 Å². The Hall–Kier alpha value is -2.37. The van der Waals surface area contributed by atoms with Gasteiger partial charge in [-0.2, -0.15) is 5.10 Å². The van der Waals surface area contributed by atoms with E-state index in [0.29, 0.717) is 18.8 Å². The molecule has 27 heavy (non-hydrogen) atoms. The number of nitrogens with zero attached hydrogens (tertiary/aromatic N) is 3. The lowest BCUT2D eigenvalue weighted by Gasteiger charge is -2.23. The zero-order valence-corrected chi connectivity index (χ0v) is 16.4. The highest BCUT2D eigenvalue weighted by atomic mass is 35.5. The van der Waals surface area contributed by atoms with Gasteiger partial charge in [-0.05, 0) is 55.3 Å². The molecule has 2 atom stereocenters. The van der Waals surface area contributed by atoms with Crippen LogP contribution in [0.15, 0.2) is 47.6 Å². The molecule has 0 N–H and O–H groups in total. The summed E-state index contributed by atoms with van der Waals surface area (Å²) in [7, 11) is 1.79. The molecule has 0 aliphatic carbocycles. The second-order valence-corrected chi connectivity index (χ2v) is 7.56. The summed E-state index contributed by atoms with van der Waals surface area (Å²) in [5, 5.41) is 6.30. The van der Waals surface area contributed by atoms with Crippen molar-refractivity contribution in [1.29, 1.82) is 0 Å². The number of alkyl halides is 1. The maximum Gasteiger partial charge on any atom is 0.258 e. The molecule has 1 amide bonds. The highest BCUT2D eigenvalue weighted by Gasteiger charge is 2.31. The molecule has 2 aliphatic rings. The first-order chi connectivity index (χ1) is 13.0. The van der Waals surface area contributed by atoms with E-state index >= 15 is 0 Å². The van der Waals surface area contributed by atoms with Gasteiger partial charge in [0.2, 0.25) is 0 Å². The van der Waals surface area contributed by atoms with Gasteiger partial charge in [-0.1, -0.05) is 12.1 Å². The number of carbonyl (C=O) groups excluding carboxylic acids is 1. The Balaban J connectivity index is 1.59. The predicted molar refractivity (Wildman–Crippen MR) is 109 cm³/mol. The van der Waals surface area contributed by atoms with Gasteiger partial charge in [-0.15, -0.1) is 11.6 Å². The smallest absolute Gasteiger partial charge is 0.258 e. The normalized spacial score (nSPS) is 21.2. The highest BCUT2D eigenvalue weighted by molar-refractivity contribution is 6.33. The van der Waals surface area contributed by atoms with Crippen LogP contribution in [0.4, 0.5) is 11.4 Å². The highest BCUT2D eigenvalue weighted by Crippen LogP contribution is 2.29. The number of halogens is 1. The van der Waals surface area contributed by atoms with E-state index in [1.807, 2.05) is 61.3 Å². The second-order valence-electron chi connectivity index (χ2n) is 7.09. The Morgan fingerprint density at radius 2 is 2.00 bits per heavy atom. The van der Waals surface area contributed by atoms with Crippen LogP contribution in [-0.2, 0) is 18.0 Å². The molecule has 4 rings (SSSR count). The molecule has 2 aromatic rings. The van der Waals surface area contributed by atoms with Crippen molar-refractivity contribution in [3.8, 4) is 0 Å². The van der Waals surface area contributed by atoms with Crippen molar-refractivity contribution in [1.82, 2.24) is 0 Å². The molecule has 2 heterocycles. The molecule has 0 saturated carbocycles. The SMILES string of the molecule is CC1=NN(c2cccc(C(=O)N(C)c3ccc4c(c3)COC4)c2)C(C)C1Cl. The van der Waals surface area contributed by atoms with E-state index in [1.54, 1.807) is 11.9 Å². The summed E-state index contributed by atoms with van der Waals surface area (Å²) in [5.74, 6) is -0.0642. The molecule has 0 bridgehead atoms. The Labute approximate surface area is 164 Å². The number of rotatable bonds is 3. The van der Waals surface area contributed by atoms with Gasteiger partial charge < -0.3 is 9.64 Å². The number of benzene rings is 2. The molecule has 0 spiro atoms. The van der Waals surface area contributed by atoms with Crippen LogP contribution in [0, 0.1) is 0 Å². The van der Waals surface area contributed by atoms with E-state index in [9.17, 15) is 4.79 Å². The first-order valence-corrected chi connectivity index (χ1v) is 9.45. The van der Waals surface area contributed by atoms with Crippen LogP contribution in [0.5, 0.6) is 0 Å². The molecular formula is C21H22ClN3O2. The maximum atomic E-state index is 13.0. The summed E-state index contributed by atoms with van der Waals surface area (Å²) < 4.78 is 5.46. The third-order valence-electron chi connectivity index (χ3n) is 5.23. The number of hydrogen-bond donors (Lipinski definition) is 0. The summed E-state index contributed by atoms with van der Waals surface area (Å²) >= 11 is 6.38. The van der Waals surface area contributed by atoms with Gasteiger partial charge in [0.15, 0.2) is 0 Å². The van der Waals surface area contributed by atoms with E-state index in [4.69, 9.17) is 16.3 Å². The van der Waals surface area contributed by atoms with Crippen LogP contribution >= 0.6 is 11.6 Å². The summed E-state index contributed by atoms with van der Waals surface area (Å²) in [6, 6.07) is 13.6. The van der Waals surface area contributed by atoms with Crippen LogP contribution in [0.1, 0.15) is 35.3 Å². The number of fused-ring (bicyclic) bond motifs is 1. The summed E-state index contributed by atoms with van der Waals surface area (Å²) in [5.41, 5.74) is 5.56. The molecule has 6 heteroatoms. The minimum absolute atomic E-state index is 0.0476. The molecule has 5 nitrogen and oxygen atoms in total. The Kier molecular flexibility index (Phi) is 4.66. The average molecular weight is 384 g/mol. The van der Waals surface area contributed by atoms with Gasteiger partial charge in [-0.25, -0.2) is 0 Å². The van der Waals surface area contributed by atoms with Crippen molar-refractivity contribution in [3.05, 3.63) is 59.2 Å². The van der Waals surface area contributed by atoms with Crippen molar-refractivity contribution in [2.75, 3.05) is 17.0 Å². The Bertz CT molecular complexity index is 927. The quantitative estimate of drug-likeness (QED) is 0.747. The zero-order valence-electron chi connectivity index (χ0n) is 15.6. The lowest BCUT2D eigenvalue weighted by Crippen LogP contribution is -2.31. The Morgan fingerprint density at radius 3 is 2.74 bits per heavy atom. The van der Waals surface area contributed by atoms with E-state index < -0.39 is 0 Å². The molecule has 2 aliphatic heterocycles. The van der Waals surface area contributed by atoms with Gasteiger partial charge in [-0.3, -0.25) is 9.80 Å². The predicted octanol–water partition coefficient (Wildman–Crippen LogP) is 4.19. The van der Waals surface area contributed by atoms with Crippen LogP contribution in [0.25, 0.3) is 0 Å². The number of ether oxygens (including phenoxy) is 1. The van der Waals surface area contributed by atoms with E-state index in [1.165, 1.54) is 5.56 Å². The van der Waals surface area contributed by atoms with Crippen molar-refractivity contribution in [3.63, 3.8) is 0 Å². The molecule has 0 radical (unpaired) electrons. The Morgan fingerprint density at radius 1 is 1.22 bits per heavy atom. The van der Waals surface area contributed by atoms with Crippen molar-refractivity contribution in [2.45, 2.75) is 38.5 Å². The third kappa shape index (κ3) is 3.22. The van der Waals surface area contributed by atoms with Crippen molar-refractivity contribution < 1.29 is 9.53 Å². The van der Waals surface area contributed by atoms with Crippen molar-refractivity contribution in [2.24, 2.45) is 5.10 Å². The second kappa shape index (κ2) is 6.98. The van der Waals surface area contributed by atoms with Crippen LogP contribution in [0.2, 0.25) is 0 Å². The molecular weight excluding hydrogens is 362 g/mol. The number of hydrogen-bond acceptors (Lipinski definition) is 4. The third-order valence-corrected chi connectivity index (χ3v) is 5.91. The molecule has 140 valence electrons. The van der Waals surface area contributed by atoms with E-state index in [-0.39, 0.29) is 17.3 Å². The fourth-order valence-corrected chi connectivity index (χ4v) is 3.69. The summed E-state index contributed by atoms with van der Waals surface area (Å²) in [6.45, 7) is 5.20. The number of amides is 1. The first kappa shape index (κ1) is 18.0. The van der Waals surface area contributed by atoms with Gasteiger partial charge in [0.1, 0.15) is 0 Å². The summed E-state index contributed by atoms with van der Waals surface area (Å²) in [4.78, 5) is 14.7. The molecule has 0 fully saturated rings. The number of hydrazone groups is 1. The van der Waals surface area contributed by atoms with Gasteiger partial charge >= 0.3 is 0 Å². The fraction of sp³-hybridized carbons (Fsp3) is 0.333. The van der Waals surface area contributed by atoms with Gasteiger partial charge in [0.05, 0.1) is 36.0 Å². The fourth-order valence-electron chi connectivity index (χ4n) is 3.54. The number of carbonyl (C=O) groups is 1. The average Bonchev–Trinajstić information content (AvgIpc) is 3.26. The monoisotopic (exact) mass is 383 g/mol. The van der Waals surface area contributed by atoms with Crippen molar-refractivity contribution >= 4 is 34.6 Å². The van der Waals surface area contributed by atoms with Crippen LogP contribution < -0.4 is 9.91 Å². The van der Waals surface area contributed by atoms with Gasteiger partial charge in [0, 0.05) is 18.3 Å². The molecule has 0 aromatic heterocycles. The van der Waals surface area contributed by atoms with Crippen LogP contribution in [0.3, 0.4) is 0 Å². The number of anilines is 2.